The Hall–Kier alpha value is -1.07. The zero-order valence-electron chi connectivity index (χ0n) is 13.1. The van der Waals surface area contributed by atoms with Gasteiger partial charge >= 0.3 is 0 Å². The lowest BCUT2D eigenvalue weighted by Crippen LogP contribution is -2.43. The van der Waals surface area contributed by atoms with Crippen molar-refractivity contribution in [3.8, 4) is 0 Å². The van der Waals surface area contributed by atoms with E-state index in [1.54, 1.807) is 23.6 Å². The van der Waals surface area contributed by atoms with Crippen molar-refractivity contribution in [2.24, 2.45) is 13.0 Å². The normalized spacial score (nSPS) is 20.9. The Kier molecular flexibility index (Phi) is 4.94. The van der Waals surface area contributed by atoms with E-state index in [1.165, 1.54) is 0 Å². The Morgan fingerprint density at radius 2 is 2.10 bits per heavy atom. The molecule has 1 aliphatic rings. The zero-order valence-corrected chi connectivity index (χ0v) is 13.9. The van der Waals surface area contributed by atoms with Crippen molar-refractivity contribution in [2.45, 2.75) is 45.6 Å². The molecule has 118 valence electrons. The van der Waals surface area contributed by atoms with E-state index in [0.29, 0.717) is 23.8 Å². The SMILES string of the molecule is CC(C)c1nn(C)c(Cl)c1C(=O)N1CCCC(C(C)O)C1. The van der Waals surface area contributed by atoms with Crippen LogP contribution in [-0.4, -0.2) is 44.9 Å². The number of carbonyl (C=O) groups excluding carboxylic acids is 1. The van der Waals surface area contributed by atoms with Crippen molar-refractivity contribution in [3.63, 3.8) is 0 Å². The first kappa shape index (κ1) is 16.3. The van der Waals surface area contributed by atoms with Gasteiger partial charge in [0.25, 0.3) is 5.91 Å². The number of amides is 1. The summed E-state index contributed by atoms with van der Waals surface area (Å²) in [7, 11) is 1.75. The molecule has 2 atom stereocenters. The van der Waals surface area contributed by atoms with E-state index in [-0.39, 0.29) is 17.7 Å². The van der Waals surface area contributed by atoms with Crippen molar-refractivity contribution >= 4 is 17.5 Å². The second-order valence-corrected chi connectivity index (χ2v) is 6.58. The summed E-state index contributed by atoms with van der Waals surface area (Å²) in [5, 5.41) is 14.5. The molecule has 2 rings (SSSR count). The predicted octanol–water partition coefficient (Wildman–Crippen LogP) is 2.43. The number of halogens is 1. The van der Waals surface area contributed by atoms with Gasteiger partial charge in [0.15, 0.2) is 0 Å². The van der Waals surface area contributed by atoms with Crippen LogP contribution in [0.4, 0.5) is 0 Å². The van der Waals surface area contributed by atoms with Crippen LogP contribution in [0, 0.1) is 5.92 Å². The Bertz CT molecular complexity index is 525. The van der Waals surface area contributed by atoms with E-state index in [0.717, 1.165) is 18.5 Å². The van der Waals surface area contributed by atoms with Crippen LogP contribution in [0.25, 0.3) is 0 Å². The fourth-order valence-electron chi connectivity index (χ4n) is 2.87. The lowest BCUT2D eigenvalue weighted by molar-refractivity contribution is 0.0465. The summed E-state index contributed by atoms with van der Waals surface area (Å²) in [6.45, 7) is 7.09. The Morgan fingerprint density at radius 1 is 1.43 bits per heavy atom. The van der Waals surface area contributed by atoms with Crippen LogP contribution in [-0.2, 0) is 7.05 Å². The first-order valence-electron chi connectivity index (χ1n) is 7.52. The Morgan fingerprint density at radius 3 is 2.67 bits per heavy atom. The number of nitrogens with zero attached hydrogens (tertiary/aromatic N) is 3. The van der Waals surface area contributed by atoms with Crippen molar-refractivity contribution < 1.29 is 9.90 Å². The fourth-order valence-corrected chi connectivity index (χ4v) is 3.09. The molecule has 1 N–H and O–H groups in total. The van der Waals surface area contributed by atoms with Gasteiger partial charge in [-0.1, -0.05) is 25.4 Å². The van der Waals surface area contributed by atoms with Gasteiger partial charge in [-0.2, -0.15) is 5.10 Å². The van der Waals surface area contributed by atoms with Crippen LogP contribution >= 0.6 is 11.6 Å². The van der Waals surface area contributed by atoms with Crippen LogP contribution in [0.2, 0.25) is 5.15 Å². The standard InChI is InChI=1S/C15H24ClN3O2/c1-9(2)13-12(14(16)18(4)17-13)15(21)19-7-5-6-11(8-19)10(3)20/h9-11,20H,5-8H2,1-4H3. The highest BCUT2D eigenvalue weighted by Crippen LogP contribution is 2.29. The molecule has 1 aromatic rings. The summed E-state index contributed by atoms with van der Waals surface area (Å²) in [6, 6.07) is 0. The fraction of sp³-hybridized carbons (Fsp3) is 0.733. The molecular formula is C15H24ClN3O2. The summed E-state index contributed by atoms with van der Waals surface area (Å²) >= 11 is 6.27. The van der Waals surface area contributed by atoms with Gasteiger partial charge in [-0.05, 0) is 25.7 Å². The van der Waals surface area contributed by atoms with Gasteiger partial charge in [-0.3, -0.25) is 9.48 Å². The Labute approximate surface area is 130 Å². The van der Waals surface area contributed by atoms with Gasteiger partial charge in [0.05, 0.1) is 17.4 Å². The molecular weight excluding hydrogens is 290 g/mol. The molecule has 1 amide bonds. The highest BCUT2D eigenvalue weighted by molar-refractivity contribution is 6.33. The Balaban J connectivity index is 2.28. The van der Waals surface area contributed by atoms with Crippen LogP contribution in [0.1, 0.15) is 55.6 Å². The second kappa shape index (κ2) is 6.36. The van der Waals surface area contributed by atoms with Gasteiger partial charge < -0.3 is 10.0 Å². The van der Waals surface area contributed by atoms with Crippen molar-refractivity contribution in [2.75, 3.05) is 13.1 Å². The first-order valence-corrected chi connectivity index (χ1v) is 7.90. The average Bonchev–Trinajstić information content (AvgIpc) is 2.74. The predicted molar refractivity (Wildman–Crippen MR) is 82.6 cm³/mol. The maximum absolute atomic E-state index is 12.8. The number of hydrogen-bond donors (Lipinski definition) is 1. The smallest absolute Gasteiger partial charge is 0.258 e. The van der Waals surface area contributed by atoms with Gasteiger partial charge in [-0.25, -0.2) is 0 Å². The van der Waals surface area contributed by atoms with Crippen molar-refractivity contribution in [1.82, 2.24) is 14.7 Å². The van der Waals surface area contributed by atoms with E-state index >= 15 is 0 Å². The monoisotopic (exact) mass is 313 g/mol. The van der Waals surface area contributed by atoms with Crippen LogP contribution in [0.3, 0.4) is 0 Å². The molecule has 2 unspecified atom stereocenters. The summed E-state index contributed by atoms with van der Waals surface area (Å²) in [6.07, 6.45) is 1.48. The largest absolute Gasteiger partial charge is 0.393 e. The van der Waals surface area contributed by atoms with E-state index < -0.39 is 6.10 Å². The highest BCUT2D eigenvalue weighted by atomic mass is 35.5. The number of aryl methyl sites for hydroxylation is 1. The maximum Gasteiger partial charge on any atom is 0.258 e. The number of aromatic nitrogens is 2. The molecule has 0 radical (unpaired) electrons. The van der Waals surface area contributed by atoms with E-state index in [4.69, 9.17) is 11.6 Å². The molecule has 6 heteroatoms. The van der Waals surface area contributed by atoms with Crippen LogP contribution in [0.15, 0.2) is 0 Å². The lowest BCUT2D eigenvalue weighted by Gasteiger charge is -2.34. The van der Waals surface area contributed by atoms with Crippen molar-refractivity contribution in [1.29, 1.82) is 0 Å². The van der Waals surface area contributed by atoms with E-state index in [2.05, 4.69) is 5.10 Å². The minimum atomic E-state index is -0.394. The second-order valence-electron chi connectivity index (χ2n) is 6.22. The first-order chi connectivity index (χ1) is 9.82. The summed E-state index contributed by atoms with van der Waals surface area (Å²) < 4.78 is 1.56. The topological polar surface area (TPSA) is 58.4 Å². The third kappa shape index (κ3) is 3.24. The quantitative estimate of drug-likeness (QED) is 0.932. The van der Waals surface area contributed by atoms with E-state index in [1.807, 2.05) is 13.8 Å². The molecule has 0 bridgehead atoms. The van der Waals surface area contributed by atoms with Gasteiger partial charge in [0.1, 0.15) is 5.15 Å². The number of hydrogen-bond acceptors (Lipinski definition) is 3. The minimum absolute atomic E-state index is 0.0675. The molecule has 1 aliphatic heterocycles. The lowest BCUT2D eigenvalue weighted by atomic mass is 9.93. The van der Waals surface area contributed by atoms with Crippen LogP contribution < -0.4 is 0 Å². The van der Waals surface area contributed by atoms with Gasteiger partial charge in [-0.15, -0.1) is 0 Å². The van der Waals surface area contributed by atoms with Gasteiger partial charge in [0, 0.05) is 26.1 Å². The third-order valence-electron chi connectivity index (χ3n) is 4.19. The number of likely N-dealkylation sites (tertiary alicyclic amines) is 1. The molecule has 21 heavy (non-hydrogen) atoms. The number of rotatable bonds is 3. The average molecular weight is 314 g/mol. The molecule has 5 nitrogen and oxygen atoms in total. The number of piperidine rings is 1. The number of carbonyl (C=O) groups is 1. The molecule has 0 saturated carbocycles. The molecule has 1 saturated heterocycles. The molecule has 2 heterocycles. The van der Waals surface area contributed by atoms with E-state index in [9.17, 15) is 9.90 Å². The van der Waals surface area contributed by atoms with Crippen molar-refractivity contribution in [3.05, 3.63) is 16.4 Å². The molecule has 0 spiro atoms. The maximum atomic E-state index is 12.8. The summed E-state index contributed by atoms with van der Waals surface area (Å²) in [5.41, 5.74) is 1.26. The number of aliphatic hydroxyl groups excluding tert-OH is 1. The molecule has 1 aromatic heterocycles. The van der Waals surface area contributed by atoms with Gasteiger partial charge in [0.2, 0.25) is 0 Å². The minimum Gasteiger partial charge on any atom is -0.393 e. The van der Waals surface area contributed by atoms with Crippen LogP contribution in [0.5, 0.6) is 0 Å². The highest BCUT2D eigenvalue weighted by Gasteiger charge is 2.31. The molecule has 0 aromatic carbocycles. The number of aliphatic hydroxyl groups is 1. The molecule has 1 fully saturated rings. The summed E-state index contributed by atoms with van der Waals surface area (Å²) in [5.74, 6) is 0.211. The third-order valence-corrected chi connectivity index (χ3v) is 4.63. The molecule has 0 aliphatic carbocycles. The summed E-state index contributed by atoms with van der Waals surface area (Å²) in [4.78, 5) is 14.6. The zero-order chi connectivity index (χ0) is 15.7.